The van der Waals surface area contributed by atoms with Crippen LogP contribution in [-0.4, -0.2) is 73.4 Å². The van der Waals surface area contributed by atoms with Crippen molar-refractivity contribution in [3.63, 3.8) is 0 Å². The minimum absolute atomic E-state index is 0.0670. The van der Waals surface area contributed by atoms with Gasteiger partial charge >= 0.3 is 6.09 Å². The number of sulfonamides is 1. The van der Waals surface area contributed by atoms with Gasteiger partial charge in [-0.3, -0.25) is 9.59 Å². The topological polar surface area (TPSA) is 158 Å². The first kappa shape index (κ1) is 25.7. The molecule has 0 radical (unpaired) electrons. The van der Waals surface area contributed by atoms with Crippen molar-refractivity contribution in [1.29, 1.82) is 0 Å². The molecule has 2 fully saturated rings. The van der Waals surface area contributed by atoms with Gasteiger partial charge in [0.15, 0.2) is 29.7 Å². The molecule has 3 aliphatic heterocycles. The van der Waals surface area contributed by atoms with Crippen LogP contribution in [0.2, 0.25) is 0 Å². The van der Waals surface area contributed by atoms with E-state index in [2.05, 4.69) is 5.32 Å². The average molecular weight is 547 g/mol. The Labute approximate surface area is 218 Å². The number of hydrogen-bond donors (Lipinski definition) is 1. The highest BCUT2D eigenvalue weighted by Gasteiger charge is 2.54. The van der Waals surface area contributed by atoms with Crippen molar-refractivity contribution in [3.05, 3.63) is 47.9 Å². The van der Waals surface area contributed by atoms with Gasteiger partial charge in [0.1, 0.15) is 22.7 Å². The maximum atomic E-state index is 13.5. The molecule has 0 bridgehead atoms. The van der Waals surface area contributed by atoms with Gasteiger partial charge in [-0.05, 0) is 31.0 Å². The number of aromatic nitrogens is 1. The van der Waals surface area contributed by atoms with E-state index in [4.69, 9.17) is 14.2 Å². The van der Waals surface area contributed by atoms with Crippen molar-refractivity contribution in [2.75, 3.05) is 19.9 Å². The van der Waals surface area contributed by atoms with Crippen LogP contribution in [-0.2, 0) is 19.6 Å². The standard InChI is InChI=1S/C24H26N4O9S/c1-2-4-17(25-24(31)37-15-6-7-20-21(11-15)36-14-35-20)23(30)27-10-8-18-22(27)19(29)13-28(18)38(33,34)16-5-3-9-26(32)12-16/h3,5-7,9,11-12,17-18,22H,2,4,8,10,13-14H2,1H3,(H,25,31). The van der Waals surface area contributed by atoms with Crippen molar-refractivity contribution >= 4 is 27.8 Å². The zero-order chi connectivity index (χ0) is 27.0. The zero-order valence-electron chi connectivity index (χ0n) is 20.4. The highest BCUT2D eigenvalue weighted by molar-refractivity contribution is 7.89. The summed E-state index contributed by atoms with van der Waals surface area (Å²) in [5.74, 6) is 0.236. The number of pyridine rings is 1. The van der Waals surface area contributed by atoms with Crippen LogP contribution in [0.4, 0.5) is 4.79 Å². The molecule has 3 unspecified atom stereocenters. The zero-order valence-corrected chi connectivity index (χ0v) is 21.3. The lowest BCUT2D eigenvalue weighted by Crippen LogP contribution is -2.53. The van der Waals surface area contributed by atoms with Gasteiger partial charge in [0.25, 0.3) is 0 Å². The largest absolute Gasteiger partial charge is 0.619 e. The lowest BCUT2D eigenvalue weighted by molar-refractivity contribution is -0.607. The molecule has 5 rings (SSSR count). The van der Waals surface area contributed by atoms with E-state index in [0.29, 0.717) is 22.7 Å². The number of benzene rings is 1. The van der Waals surface area contributed by atoms with Crippen LogP contribution in [0, 0.1) is 5.21 Å². The van der Waals surface area contributed by atoms with E-state index in [1.54, 1.807) is 6.07 Å². The van der Waals surface area contributed by atoms with E-state index in [1.165, 1.54) is 29.2 Å². The van der Waals surface area contributed by atoms with Crippen molar-refractivity contribution in [2.24, 2.45) is 0 Å². The normalized spacial score (nSPS) is 21.3. The smallest absolute Gasteiger partial charge is 0.413 e. The molecule has 1 aromatic heterocycles. The Morgan fingerprint density at radius 1 is 1.26 bits per heavy atom. The maximum absolute atomic E-state index is 13.5. The third-order valence-electron chi connectivity index (χ3n) is 6.74. The fourth-order valence-corrected chi connectivity index (χ4v) is 6.66. The molecular weight excluding hydrogens is 520 g/mol. The number of nitrogens with one attached hydrogen (secondary N) is 1. The molecule has 2 amide bonds. The first-order chi connectivity index (χ1) is 18.2. The molecular formula is C24H26N4O9S. The average Bonchev–Trinajstić information content (AvgIpc) is 3.60. The molecule has 13 nitrogen and oxygen atoms in total. The van der Waals surface area contributed by atoms with Gasteiger partial charge in [0, 0.05) is 18.7 Å². The second-order valence-electron chi connectivity index (χ2n) is 9.14. The van der Waals surface area contributed by atoms with Crippen molar-refractivity contribution in [2.45, 2.75) is 49.2 Å². The number of carbonyl (C=O) groups excluding carboxylic acids is 3. The summed E-state index contributed by atoms with van der Waals surface area (Å²) in [7, 11) is -4.14. The van der Waals surface area contributed by atoms with Gasteiger partial charge in [0.2, 0.25) is 22.7 Å². The number of carbonyl (C=O) groups is 3. The van der Waals surface area contributed by atoms with Gasteiger partial charge in [0.05, 0.1) is 12.6 Å². The fourth-order valence-electron chi connectivity index (χ4n) is 5.03. The molecule has 202 valence electrons. The van der Waals surface area contributed by atoms with Crippen molar-refractivity contribution in [1.82, 2.24) is 14.5 Å². The first-order valence-corrected chi connectivity index (χ1v) is 13.5. The van der Waals surface area contributed by atoms with E-state index in [-0.39, 0.29) is 36.8 Å². The van der Waals surface area contributed by atoms with E-state index in [9.17, 15) is 28.0 Å². The van der Waals surface area contributed by atoms with Crippen molar-refractivity contribution in [3.8, 4) is 17.2 Å². The molecule has 2 aromatic rings. The Morgan fingerprint density at radius 2 is 2.05 bits per heavy atom. The predicted molar refractivity (Wildman–Crippen MR) is 129 cm³/mol. The molecule has 4 heterocycles. The lowest BCUT2D eigenvalue weighted by Gasteiger charge is -2.28. The summed E-state index contributed by atoms with van der Waals surface area (Å²) >= 11 is 0. The molecule has 0 saturated carbocycles. The van der Waals surface area contributed by atoms with Gasteiger partial charge in [-0.2, -0.15) is 9.04 Å². The number of hydrogen-bond acceptors (Lipinski definition) is 9. The van der Waals surface area contributed by atoms with E-state index in [1.807, 2.05) is 6.92 Å². The second-order valence-corrected chi connectivity index (χ2v) is 11.0. The molecule has 1 N–H and O–H groups in total. The summed E-state index contributed by atoms with van der Waals surface area (Å²) in [5.41, 5.74) is 0. The molecule has 3 aliphatic rings. The molecule has 0 aliphatic carbocycles. The Balaban J connectivity index is 1.29. The number of amides is 2. The monoisotopic (exact) mass is 546 g/mol. The van der Waals surface area contributed by atoms with Crippen LogP contribution in [0.1, 0.15) is 26.2 Å². The molecule has 3 atom stereocenters. The number of ether oxygens (including phenoxy) is 3. The van der Waals surface area contributed by atoms with Crippen LogP contribution in [0.25, 0.3) is 0 Å². The Morgan fingerprint density at radius 3 is 2.82 bits per heavy atom. The van der Waals surface area contributed by atoms with Gasteiger partial charge < -0.3 is 29.6 Å². The maximum Gasteiger partial charge on any atom is 0.413 e. The molecule has 14 heteroatoms. The molecule has 0 spiro atoms. The first-order valence-electron chi connectivity index (χ1n) is 12.1. The SMILES string of the molecule is CCCC(NC(=O)Oc1ccc2c(c1)OCO2)C(=O)N1CCC2C1C(=O)CN2S(=O)(=O)c1ccc[n+]([O-])c1. The summed E-state index contributed by atoms with van der Waals surface area (Å²) in [6.07, 6.45) is 2.31. The Hall–Kier alpha value is -3.91. The van der Waals surface area contributed by atoms with Gasteiger partial charge in [-0.15, -0.1) is 0 Å². The van der Waals surface area contributed by atoms with E-state index < -0.39 is 52.5 Å². The Bertz CT molecular complexity index is 1380. The molecule has 38 heavy (non-hydrogen) atoms. The van der Waals surface area contributed by atoms with Gasteiger partial charge in [-0.25, -0.2) is 13.2 Å². The number of nitrogens with zero attached hydrogens (tertiary/aromatic N) is 3. The quantitative estimate of drug-likeness (QED) is 0.387. The van der Waals surface area contributed by atoms with Gasteiger partial charge in [-0.1, -0.05) is 13.3 Å². The van der Waals surface area contributed by atoms with E-state index >= 15 is 0 Å². The highest BCUT2D eigenvalue weighted by Crippen LogP contribution is 2.36. The van der Waals surface area contributed by atoms with Crippen molar-refractivity contribution < 1.29 is 41.7 Å². The third kappa shape index (κ3) is 4.72. The molecule has 2 saturated heterocycles. The minimum atomic E-state index is -4.14. The number of fused-ring (bicyclic) bond motifs is 2. The number of Topliss-reactive ketones (excluding diaryl/α,β-unsaturated/α-hetero) is 1. The number of ketones is 1. The van der Waals surface area contributed by atoms with Crippen LogP contribution >= 0.6 is 0 Å². The number of rotatable bonds is 7. The predicted octanol–water partition coefficient (Wildman–Crippen LogP) is 0.549. The highest BCUT2D eigenvalue weighted by atomic mass is 32.2. The molecule has 1 aromatic carbocycles. The summed E-state index contributed by atoms with van der Waals surface area (Å²) in [6, 6.07) is 4.49. The van der Waals surface area contributed by atoms with Crippen LogP contribution < -0.4 is 24.3 Å². The number of likely N-dealkylation sites (tertiary alicyclic amines) is 1. The lowest BCUT2D eigenvalue weighted by atomic mass is 10.1. The summed E-state index contributed by atoms with van der Waals surface area (Å²) in [4.78, 5) is 40.2. The third-order valence-corrected chi connectivity index (χ3v) is 8.59. The summed E-state index contributed by atoms with van der Waals surface area (Å²) in [6.45, 7) is 1.64. The van der Waals surface area contributed by atoms with Crippen LogP contribution in [0.3, 0.4) is 0 Å². The summed E-state index contributed by atoms with van der Waals surface area (Å²) < 4.78 is 43.7. The van der Waals surface area contributed by atoms with Crippen LogP contribution in [0.5, 0.6) is 17.2 Å². The summed E-state index contributed by atoms with van der Waals surface area (Å²) in [5, 5.41) is 14.2. The minimum Gasteiger partial charge on any atom is -0.619 e. The Kier molecular flexibility index (Phi) is 6.84. The fraction of sp³-hybridized carbons (Fsp3) is 0.417. The second kappa shape index (κ2) is 10.1. The van der Waals surface area contributed by atoms with Crippen LogP contribution in [0.15, 0.2) is 47.6 Å². The van der Waals surface area contributed by atoms with E-state index in [0.717, 1.165) is 16.7 Å².